The number of Topliss-reactive ketones (excluding diaryl/α,β-unsaturated/α-hetero) is 1. The highest BCUT2D eigenvalue weighted by Crippen LogP contribution is 2.53. The maximum Gasteiger partial charge on any atom is 0.220 e. The quantitative estimate of drug-likeness (QED) is 0.342. The standard InChI is InChI=1S/C16H23NO2.C16H21N/c1-13(2)12-17-16(19)11-7-6-10-15(18)14-8-4-3-5-9-14;1-2-6-13-12(5-1)11-15-14-7-3-4-8-16(13,14)9-10-17-15/h3-5,8-9,13H,6-7,10-12H2,1-2H3,(H,17,19);1-2,5-6,14-15,17H,3-4,7-11H2/t;14-,15+,16-/m.0/s1. The molecule has 2 aromatic rings. The molecule has 0 aromatic heterocycles. The van der Waals surface area contributed by atoms with Gasteiger partial charge in [-0.05, 0) is 68.0 Å². The van der Waals surface area contributed by atoms with Crippen LogP contribution in [0.15, 0.2) is 54.6 Å². The first kappa shape index (κ1) is 26.6. The van der Waals surface area contributed by atoms with Crippen LogP contribution in [0.4, 0.5) is 0 Å². The molecule has 2 bridgehead atoms. The Labute approximate surface area is 217 Å². The van der Waals surface area contributed by atoms with Crippen molar-refractivity contribution >= 4 is 11.7 Å². The van der Waals surface area contributed by atoms with Crippen LogP contribution < -0.4 is 10.6 Å². The highest BCUT2D eigenvalue weighted by molar-refractivity contribution is 5.95. The number of hydrogen-bond acceptors (Lipinski definition) is 3. The number of nitrogens with one attached hydrogen (secondary N) is 2. The largest absolute Gasteiger partial charge is 0.356 e. The van der Waals surface area contributed by atoms with Gasteiger partial charge in [-0.2, -0.15) is 0 Å². The number of fused-ring (bicyclic) bond motifs is 1. The molecule has 4 heteroatoms. The van der Waals surface area contributed by atoms with Gasteiger partial charge in [0.05, 0.1) is 0 Å². The summed E-state index contributed by atoms with van der Waals surface area (Å²) in [6.45, 7) is 6.09. The van der Waals surface area contributed by atoms with E-state index in [1.54, 1.807) is 11.1 Å². The molecule has 2 aromatic carbocycles. The van der Waals surface area contributed by atoms with Gasteiger partial charge in [0.1, 0.15) is 0 Å². The molecule has 0 spiro atoms. The summed E-state index contributed by atoms with van der Waals surface area (Å²) < 4.78 is 0. The van der Waals surface area contributed by atoms with Crippen LogP contribution in [-0.4, -0.2) is 30.8 Å². The predicted octanol–water partition coefficient (Wildman–Crippen LogP) is 6.23. The molecule has 194 valence electrons. The van der Waals surface area contributed by atoms with Crippen LogP contribution in [0.3, 0.4) is 0 Å². The molecule has 1 saturated heterocycles. The molecule has 3 atom stereocenters. The molecule has 3 aliphatic rings. The Balaban J connectivity index is 0.000000169. The van der Waals surface area contributed by atoms with Crippen molar-refractivity contribution in [1.29, 1.82) is 0 Å². The van der Waals surface area contributed by atoms with E-state index < -0.39 is 0 Å². The molecule has 1 heterocycles. The molecule has 0 unspecified atom stereocenters. The van der Waals surface area contributed by atoms with E-state index >= 15 is 0 Å². The van der Waals surface area contributed by atoms with E-state index in [0.717, 1.165) is 36.9 Å². The summed E-state index contributed by atoms with van der Waals surface area (Å²) in [5, 5.41) is 6.66. The minimum absolute atomic E-state index is 0.0841. The summed E-state index contributed by atoms with van der Waals surface area (Å²) in [6, 6.07) is 19.3. The van der Waals surface area contributed by atoms with Gasteiger partial charge in [-0.15, -0.1) is 0 Å². The van der Waals surface area contributed by atoms with Gasteiger partial charge in [-0.1, -0.05) is 81.3 Å². The van der Waals surface area contributed by atoms with Crippen LogP contribution in [0.5, 0.6) is 0 Å². The first-order valence-electron chi connectivity index (χ1n) is 14.2. The van der Waals surface area contributed by atoms with E-state index in [1.165, 1.54) is 45.1 Å². The molecule has 2 fully saturated rings. The molecule has 1 saturated carbocycles. The van der Waals surface area contributed by atoms with Crippen molar-refractivity contribution in [2.24, 2.45) is 11.8 Å². The Morgan fingerprint density at radius 2 is 1.72 bits per heavy atom. The minimum Gasteiger partial charge on any atom is -0.356 e. The van der Waals surface area contributed by atoms with Crippen molar-refractivity contribution in [3.05, 3.63) is 71.3 Å². The maximum atomic E-state index is 11.8. The lowest BCUT2D eigenvalue weighted by molar-refractivity contribution is -0.121. The number of hydrogen-bond donors (Lipinski definition) is 2. The zero-order valence-electron chi connectivity index (χ0n) is 22.2. The third-order valence-corrected chi connectivity index (χ3v) is 8.42. The van der Waals surface area contributed by atoms with Gasteiger partial charge in [-0.25, -0.2) is 0 Å². The van der Waals surface area contributed by atoms with Crippen molar-refractivity contribution in [3.63, 3.8) is 0 Å². The Kier molecular flexibility index (Phi) is 9.36. The fourth-order valence-corrected chi connectivity index (χ4v) is 6.64. The number of ketones is 1. The van der Waals surface area contributed by atoms with Gasteiger partial charge >= 0.3 is 0 Å². The first-order valence-corrected chi connectivity index (χ1v) is 14.2. The van der Waals surface area contributed by atoms with Gasteiger partial charge in [0.25, 0.3) is 0 Å². The number of unbranched alkanes of at least 4 members (excludes halogenated alkanes) is 1. The number of piperidine rings is 1. The summed E-state index contributed by atoms with van der Waals surface area (Å²) in [7, 11) is 0. The third-order valence-electron chi connectivity index (χ3n) is 8.42. The second-order valence-corrected chi connectivity index (χ2v) is 11.4. The van der Waals surface area contributed by atoms with Crippen LogP contribution in [0, 0.1) is 11.8 Å². The van der Waals surface area contributed by atoms with Gasteiger partial charge in [0.2, 0.25) is 5.91 Å². The molecule has 0 radical (unpaired) electrons. The Morgan fingerprint density at radius 1 is 0.972 bits per heavy atom. The number of carbonyl (C=O) groups is 2. The van der Waals surface area contributed by atoms with Gasteiger partial charge < -0.3 is 10.6 Å². The smallest absolute Gasteiger partial charge is 0.220 e. The van der Waals surface area contributed by atoms with E-state index in [2.05, 4.69) is 48.7 Å². The van der Waals surface area contributed by atoms with E-state index in [9.17, 15) is 9.59 Å². The molecular weight excluding hydrogens is 444 g/mol. The van der Waals surface area contributed by atoms with E-state index in [4.69, 9.17) is 0 Å². The summed E-state index contributed by atoms with van der Waals surface area (Å²) >= 11 is 0. The third kappa shape index (κ3) is 6.45. The van der Waals surface area contributed by atoms with Crippen molar-refractivity contribution in [1.82, 2.24) is 10.6 Å². The molecule has 1 amide bonds. The van der Waals surface area contributed by atoms with E-state index in [-0.39, 0.29) is 11.7 Å². The van der Waals surface area contributed by atoms with E-state index in [0.29, 0.717) is 24.2 Å². The zero-order chi connectivity index (χ0) is 25.4. The van der Waals surface area contributed by atoms with Crippen molar-refractivity contribution in [2.45, 2.75) is 89.5 Å². The number of carbonyl (C=O) groups excluding carboxylic acids is 2. The lowest BCUT2D eigenvalue weighted by atomic mass is 9.53. The number of amides is 1. The Bertz CT molecular complexity index is 998. The average molecular weight is 489 g/mol. The molecule has 5 rings (SSSR count). The fourth-order valence-electron chi connectivity index (χ4n) is 6.64. The highest BCUT2D eigenvalue weighted by Gasteiger charge is 2.51. The van der Waals surface area contributed by atoms with Gasteiger partial charge in [0, 0.05) is 36.4 Å². The van der Waals surface area contributed by atoms with Crippen molar-refractivity contribution in [3.8, 4) is 0 Å². The van der Waals surface area contributed by atoms with Crippen LogP contribution in [0.2, 0.25) is 0 Å². The SMILES string of the molecule is CC(C)CNC(=O)CCCCC(=O)c1ccccc1.c1ccc2c(c1)C[C@H]1NCC[C@@]23CCCC[C@@H]13. The summed E-state index contributed by atoms with van der Waals surface area (Å²) in [6.07, 6.45) is 11.0. The second kappa shape index (κ2) is 12.7. The van der Waals surface area contributed by atoms with Gasteiger partial charge in [0.15, 0.2) is 5.78 Å². The highest BCUT2D eigenvalue weighted by atomic mass is 16.1. The Morgan fingerprint density at radius 3 is 2.53 bits per heavy atom. The fraction of sp³-hybridized carbons (Fsp3) is 0.562. The van der Waals surface area contributed by atoms with E-state index in [1.807, 2.05) is 30.3 Å². The molecule has 4 nitrogen and oxygen atoms in total. The van der Waals surface area contributed by atoms with Crippen LogP contribution >= 0.6 is 0 Å². The van der Waals surface area contributed by atoms with Crippen molar-refractivity contribution < 1.29 is 9.59 Å². The topological polar surface area (TPSA) is 58.2 Å². The molecule has 2 aliphatic carbocycles. The number of rotatable bonds is 8. The van der Waals surface area contributed by atoms with Crippen molar-refractivity contribution in [2.75, 3.05) is 13.1 Å². The zero-order valence-corrected chi connectivity index (χ0v) is 22.2. The molecule has 1 aliphatic heterocycles. The van der Waals surface area contributed by atoms with Crippen LogP contribution in [-0.2, 0) is 16.6 Å². The first-order chi connectivity index (χ1) is 17.5. The Hall–Kier alpha value is -2.46. The number of benzene rings is 2. The minimum atomic E-state index is 0.0841. The predicted molar refractivity (Wildman–Crippen MR) is 147 cm³/mol. The normalized spacial score (nSPS) is 24.1. The van der Waals surface area contributed by atoms with Gasteiger partial charge in [-0.3, -0.25) is 9.59 Å². The monoisotopic (exact) mass is 488 g/mol. The van der Waals surface area contributed by atoms with Crippen LogP contribution in [0.25, 0.3) is 0 Å². The summed E-state index contributed by atoms with van der Waals surface area (Å²) in [5.41, 5.74) is 4.64. The molecule has 2 N–H and O–H groups in total. The second-order valence-electron chi connectivity index (χ2n) is 11.4. The maximum absolute atomic E-state index is 11.8. The molecule has 36 heavy (non-hydrogen) atoms. The lowest BCUT2D eigenvalue weighted by Crippen LogP contribution is -2.59. The van der Waals surface area contributed by atoms with Crippen LogP contribution in [0.1, 0.15) is 93.1 Å². The average Bonchev–Trinajstić information content (AvgIpc) is 2.90. The molecular formula is C32H44N2O2. The lowest BCUT2D eigenvalue weighted by Gasteiger charge is -2.56. The summed E-state index contributed by atoms with van der Waals surface area (Å²) in [5.74, 6) is 1.63. The summed E-state index contributed by atoms with van der Waals surface area (Å²) in [4.78, 5) is 23.3.